The number of allylic oxidation sites excluding steroid dienone is 1. The minimum atomic E-state index is -2.90. The second-order valence-electron chi connectivity index (χ2n) is 6.81. The molecule has 0 aliphatic carbocycles. The van der Waals surface area contributed by atoms with Crippen molar-refractivity contribution in [3.05, 3.63) is 81.1 Å². The maximum absolute atomic E-state index is 12.4. The average molecular weight is 491 g/mol. The second-order valence-corrected chi connectivity index (χ2v) is 7.61. The van der Waals surface area contributed by atoms with Gasteiger partial charge in [-0.05, 0) is 77.8 Å². The van der Waals surface area contributed by atoms with Crippen molar-refractivity contribution in [2.75, 3.05) is 7.11 Å². The fourth-order valence-corrected chi connectivity index (χ4v) is 3.37. The maximum Gasteiger partial charge on any atom is 0.387 e. The number of nitrogens with zero attached hydrogens (tertiary/aromatic N) is 2. The smallest absolute Gasteiger partial charge is 0.387 e. The van der Waals surface area contributed by atoms with Crippen molar-refractivity contribution in [2.45, 2.75) is 27.0 Å². The normalized spacial score (nSPS) is 11.3. The Hall–Kier alpha value is -3.00. The molecule has 0 bridgehead atoms. The first-order valence-electron chi connectivity index (χ1n) is 9.42. The molecule has 3 aromatic rings. The molecule has 0 spiro atoms. The molecular formula is C23H21BrF2N2O3. The van der Waals surface area contributed by atoms with Gasteiger partial charge in [-0.15, -0.1) is 0 Å². The van der Waals surface area contributed by atoms with Gasteiger partial charge in [0.2, 0.25) is 0 Å². The largest absolute Gasteiger partial charge is 0.496 e. The van der Waals surface area contributed by atoms with Crippen LogP contribution in [0.25, 0.3) is 6.08 Å². The van der Waals surface area contributed by atoms with E-state index in [9.17, 15) is 13.6 Å². The Kier molecular flexibility index (Phi) is 7.22. The number of aryl methyl sites for hydroxylation is 1. The monoisotopic (exact) mass is 490 g/mol. The van der Waals surface area contributed by atoms with Crippen LogP contribution >= 0.6 is 15.9 Å². The van der Waals surface area contributed by atoms with Gasteiger partial charge in [-0.1, -0.05) is 12.1 Å². The highest BCUT2D eigenvalue weighted by atomic mass is 79.9. The van der Waals surface area contributed by atoms with Crippen molar-refractivity contribution in [1.82, 2.24) is 9.78 Å². The summed E-state index contributed by atoms with van der Waals surface area (Å²) in [7, 11) is 1.61. The summed E-state index contributed by atoms with van der Waals surface area (Å²) < 4.78 is 37.1. The number of benzene rings is 2. The van der Waals surface area contributed by atoms with E-state index in [1.807, 2.05) is 36.7 Å². The second kappa shape index (κ2) is 9.87. The third-order valence-corrected chi connectivity index (χ3v) is 5.86. The molecule has 2 aromatic carbocycles. The molecule has 0 aliphatic rings. The predicted molar refractivity (Wildman–Crippen MR) is 118 cm³/mol. The van der Waals surface area contributed by atoms with Gasteiger partial charge in [-0.25, -0.2) is 0 Å². The van der Waals surface area contributed by atoms with Crippen LogP contribution in [0.1, 0.15) is 32.9 Å². The highest BCUT2D eigenvalue weighted by molar-refractivity contribution is 9.10. The Morgan fingerprint density at radius 2 is 1.90 bits per heavy atom. The lowest BCUT2D eigenvalue weighted by atomic mass is 10.1. The molecule has 5 nitrogen and oxygen atoms in total. The molecule has 0 amide bonds. The van der Waals surface area contributed by atoms with Gasteiger partial charge in [0.15, 0.2) is 5.78 Å². The van der Waals surface area contributed by atoms with E-state index < -0.39 is 6.61 Å². The fourth-order valence-electron chi connectivity index (χ4n) is 3.08. The topological polar surface area (TPSA) is 53.4 Å². The van der Waals surface area contributed by atoms with Crippen molar-refractivity contribution >= 4 is 27.8 Å². The van der Waals surface area contributed by atoms with Gasteiger partial charge in [0, 0.05) is 11.1 Å². The van der Waals surface area contributed by atoms with Gasteiger partial charge < -0.3 is 9.47 Å². The van der Waals surface area contributed by atoms with E-state index in [2.05, 4.69) is 25.8 Å². The Balaban J connectivity index is 1.78. The number of rotatable bonds is 8. The molecule has 8 heteroatoms. The minimum absolute atomic E-state index is 0.00566. The summed E-state index contributed by atoms with van der Waals surface area (Å²) in [6, 6.07) is 11.2. The predicted octanol–water partition coefficient (Wildman–Crippen LogP) is 5.82. The molecule has 0 saturated heterocycles. The van der Waals surface area contributed by atoms with Crippen molar-refractivity contribution in [2.24, 2.45) is 0 Å². The highest BCUT2D eigenvalue weighted by Crippen LogP contribution is 2.25. The van der Waals surface area contributed by atoms with Crippen LogP contribution in [-0.4, -0.2) is 29.3 Å². The summed E-state index contributed by atoms with van der Waals surface area (Å²) in [6.45, 7) is 1.53. The molecule has 31 heavy (non-hydrogen) atoms. The van der Waals surface area contributed by atoms with Crippen LogP contribution in [0.5, 0.6) is 11.5 Å². The molecule has 0 aliphatic heterocycles. The summed E-state index contributed by atoms with van der Waals surface area (Å²) in [6.07, 6.45) is 3.14. The van der Waals surface area contributed by atoms with E-state index in [1.54, 1.807) is 13.2 Å². The molecule has 1 aromatic heterocycles. The number of ketones is 1. The van der Waals surface area contributed by atoms with Crippen LogP contribution in [0.4, 0.5) is 8.78 Å². The molecule has 1 heterocycles. The van der Waals surface area contributed by atoms with Crippen molar-refractivity contribution in [3.8, 4) is 11.5 Å². The van der Waals surface area contributed by atoms with E-state index in [4.69, 9.17) is 4.74 Å². The van der Waals surface area contributed by atoms with Crippen molar-refractivity contribution < 1.29 is 23.0 Å². The zero-order chi connectivity index (χ0) is 22.5. The van der Waals surface area contributed by atoms with Crippen LogP contribution in [0.3, 0.4) is 0 Å². The molecule has 0 atom stereocenters. The molecule has 0 fully saturated rings. The van der Waals surface area contributed by atoms with E-state index in [1.165, 1.54) is 30.3 Å². The molecule has 0 saturated carbocycles. The Bertz CT molecular complexity index is 1110. The number of carbonyl (C=O) groups is 1. The molecule has 3 rings (SSSR count). The van der Waals surface area contributed by atoms with Crippen LogP contribution < -0.4 is 9.47 Å². The van der Waals surface area contributed by atoms with Gasteiger partial charge in [0.1, 0.15) is 11.5 Å². The molecule has 0 N–H and O–H groups in total. The SMILES string of the molecule is COc1ccc(/C=C/C(=O)c2ccc(OC(F)F)cc2)cc1Cn1nc(C)c(Br)c1C. The fraction of sp³-hybridized carbons (Fsp3) is 0.217. The first kappa shape index (κ1) is 22.7. The third kappa shape index (κ3) is 5.58. The summed E-state index contributed by atoms with van der Waals surface area (Å²) >= 11 is 3.53. The Morgan fingerprint density at radius 3 is 2.48 bits per heavy atom. The van der Waals surface area contributed by atoms with Gasteiger partial charge in [-0.3, -0.25) is 9.48 Å². The Labute approximate surface area is 187 Å². The van der Waals surface area contributed by atoms with E-state index in [0.717, 1.165) is 32.7 Å². The van der Waals surface area contributed by atoms with E-state index in [-0.39, 0.29) is 11.5 Å². The summed E-state index contributed by atoms with van der Waals surface area (Å²) in [5, 5.41) is 4.53. The first-order valence-corrected chi connectivity index (χ1v) is 10.2. The number of hydrogen-bond acceptors (Lipinski definition) is 4. The maximum atomic E-state index is 12.4. The van der Waals surface area contributed by atoms with Crippen molar-refractivity contribution in [3.63, 3.8) is 0 Å². The number of carbonyl (C=O) groups excluding carboxylic acids is 1. The summed E-state index contributed by atoms with van der Waals surface area (Å²) in [5.74, 6) is 0.483. The molecule has 0 radical (unpaired) electrons. The van der Waals surface area contributed by atoms with E-state index >= 15 is 0 Å². The number of alkyl halides is 2. The summed E-state index contributed by atoms with van der Waals surface area (Å²) in [5.41, 5.74) is 4.03. The lowest BCUT2D eigenvalue weighted by Gasteiger charge is -2.11. The molecular weight excluding hydrogens is 470 g/mol. The van der Waals surface area contributed by atoms with Gasteiger partial charge in [0.05, 0.1) is 29.5 Å². The molecule has 162 valence electrons. The minimum Gasteiger partial charge on any atom is -0.496 e. The third-order valence-electron chi connectivity index (χ3n) is 4.71. The highest BCUT2D eigenvalue weighted by Gasteiger charge is 2.12. The average Bonchev–Trinajstić information content (AvgIpc) is 2.99. The zero-order valence-corrected chi connectivity index (χ0v) is 18.8. The van der Waals surface area contributed by atoms with Crippen LogP contribution in [-0.2, 0) is 6.54 Å². The molecule has 0 unspecified atom stereocenters. The standard InChI is InChI=1S/C23H21BrF2N2O3/c1-14-22(24)15(2)28(27-14)13-18-12-16(5-11-21(18)30-3)4-10-20(29)17-6-8-19(9-7-17)31-23(25)26/h4-12,23H,13H2,1-3H3/b10-4+. The van der Waals surface area contributed by atoms with E-state index in [0.29, 0.717) is 12.1 Å². The zero-order valence-electron chi connectivity index (χ0n) is 17.2. The Morgan fingerprint density at radius 1 is 1.19 bits per heavy atom. The van der Waals surface area contributed by atoms with Crippen LogP contribution in [0, 0.1) is 13.8 Å². The lowest BCUT2D eigenvalue weighted by Crippen LogP contribution is -2.06. The lowest BCUT2D eigenvalue weighted by molar-refractivity contribution is -0.0498. The van der Waals surface area contributed by atoms with Crippen molar-refractivity contribution in [1.29, 1.82) is 0 Å². The quantitative estimate of drug-likeness (QED) is 0.295. The number of hydrogen-bond donors (Lipinski definition) is 0. The number of methoxy groups -OCH3 is 1. The number of ether oxygens (including phenoxy) is 2. The van der Waals surface area contributed by atoms with Gasteiger partial charge in [-0.2, -0.15) is 13.9 Å². The number of halogens is 3. The van der Waals surface area contributed by atoms with Crippen LogP contribution in [0.2, 0.25) is 0 Å². The number of aromatic nitrogens is 2. The van der Waals surface area contributed by atoms with Gasteiger partial charge in [0.25, 0.3) is 0 Å². The first-order chi connectivity index (χ1) is 14.8. The summed E-state index contributed by atoms with van der Waals surface area (Å²) in [4.78, 5) is 12.4. The van der Waals surface area contributed by atoms with Crippen LogP contribution in [0.15, 0.2) is 53.0 Å². The van der Waals surface area contributed by atoms with Gasteiger partial charge >= 0.3 is 6.61 Å².